The van der Waals surface area contributed by atoms with Crippen LogP contribution in [0.25, 0.3) is 0 Å². The number of rotatable bonds is 2. The van der Waals surface area contributed by atoms with Crippen molar-refractivity contribution in [3.05, 3.63) is 41.5 Å². The number of nitrogens with two attached hydrogens (primary N) is 1. The third kappa shape index (κ3) is 3.02. The zero-order valence-corrected chi connectivity index (χ0v) is 11.5. The van der Waals surface area contributed by atoms with Crippen LogP contribution in [-0.4, -0.2) is 32.3 Å². The van der Waals surface area contributed by atoms with Crippen LogP contribution in [0, 0.1) is 6.92 Å². The molecule has 0 aliphatic carbocycles. The number of hydrogen-bond acceptors (Lipinski definition) is 3. The van der Waals surface area contributed by atoms with Gasteiger partial charge in [-0.2, -0.15) is 0 Å². The monoisotopic (exact) mass is 280 g/mol. The summed E-state index contributed by atoms with van der Waals surface area (Å²) in [4.78, 5) is 13.9. The molecule has 1 aromatic carbocycles. The second kappa shape index (κ2) is 5.14. The average Bonchev–Trinajstić information content (AvgIpc) is 2.37. The van der Waals surface area contributed by atoms with Crippen LogP contribution in [0.2, 0.25) is 0 Å². The first-order chi connectivity index (χ1) is 8.89. The van der Waals surface area contributed by atoms with Crippen LogP contribution in [0.15, 0.2) is 35.2 Å². The van der Waals surface area contributed by atoms with E-state index in [1.165, 1.54) is 6.07 Å². The Morgan fingerprint density at radius 1 is 1.32 bits per heavy atom. The number of benzene rings is 1. The molecule has 1 heterocycles. The third-order valence-electron chi connectivity index (χ3n) is 3.02. The Labute approximate surface area is 112 Å². The lowest BCUT2D eigenvalue weighted by atomic mass is 10.1. The summed E-state index contributed by atoms with van der Waals surface area (Å²) in [5, 5.41) is 5.16. The molecule has 0 unspecified atom stereocenters. The number of sulfonamides is 1. The lowest BCUT2D eigenvalue weighted by Crippen LogP contribution is -2.35. The normalized spacial score (nSPS) is 15.6. The number of amides is 1. The molecule has 0 saturated carbocycles. The van der Waals surface area contributed by atoms with E-state index in [1.807, 2.05) is 12.2 Å². The van der Waals surface area contributed by atoms with E-state index in [9.17, 15) is 13.2 Å². The Hall–Kier alpha value is -1.66. The number of carbonyl (C=O) groups is 1. The molecule has 1 aliphatic heterocycles. The molecule has 0 saturated heterocycles. The van der Waals surface area contributed by atoms with E-state index in [2.05, 4.69) is 0 Å². The highest BCUT2D eigenvalue weighted by Gasteiger charge is 2.23. The van der Waals surface area contributed by atoms with Gasteiger partial charge in [0.1, 0.15) is 0 Å². The molecule has 0 radical (unpaired) electrons. The van der Waals surface area contributed by atoms with Gasteiger partial charge < -0.3 is 4.90 Å². The number of primary sulfonamides is 1. The molecule has 0 fully saturated rings. The second-order valence-electron chi connectivity index (χ2n) is 4.56. The molecule has 1 aliphatic rings. The molecule has 6 heteroatoms. The van der Waals surface area contributed by atoms with Gasteiger partial charge in [0.25, 0.3) is 5.91 Å². The maximum Gasteiger partial charge on any atom is 0.255 e. The number of aryl methyl sites for hydroxylation is 1. The van der Waals surface area contributed by atoms with Gasteiger partial charge in [-0.1, -0.05) is 23.8 Å². The van der Waals surface area contributed by atoms with Crippen LogP contribution in [0.1, 0.15) is 22.3 Å². The van der Waals surface area contributed by atoms with E-state index in [4.69, 9.17) is 5.14 Å². The molecular formula is C13H16N2O3S. The molecule has 19 heavy (non-hydrogen) atoms. The lowest BCUT2D eigenvalue weighted by molar-refractivity contribution is 0.0767. The standard InChI is InChI=1S/C13H16N2O3S/c1-10-5-6-12(19(14,17)18)11(9-10)13(16)15-7-3-2-4-8-15/h2-3,5-6,9H,4,7-8H2,1H3,(H2,14,17,18). The van der Waals surface area contributed by atoms with Gasteiger partial charge in [-0.25, -0.2) is 13.6 Å². The molecule has 2 rings (SSSR count). The molecule has 5 nitrogen and oxygen atoms in total. The van der Waals surface area contributed by atoms with E-state index in [-0.39, 0.29) is 16.4 Å². The van der Waals surface area contributed by atoms with Crippen molar-refractivity contribution in [1.82, 2.24) is 4.90 Å². The number of nitrogens with zero attached hydrogens (tertiary/aromatic N) is 1. The maximum absolute atomic E-state index is 12.4. The van der Waals surface area contributed by atoms with E-state index < -0.39 is 10.0 Å². The van der Waals surface area contributed by atoms with Gasteiger partial charge in [0.15, 0.2) is 0 Å². The van der Waals surface area contributed by atoms with Crippen molar-refractivity contribution in [3.63, 3.8) is 0 Å². The summed E-state index contributed by atoms with van der Waals surface area (Å²) < 4.78 is 23.1. The van der Waals surface area contributed by atoms with Crippen LogP contribution >= 0.6 is 0 Å². The Morgan fingerprint density at radius 2 is 2.05 bits per heavy atom. The first-order valence-corrected chi connectivity index (χ1v) is 7.52. The van der Waals surface area contributed by atoms with E-state index in [1.54, 1.807) is 24.0 Å². The van der Waals surface area contributed by atoms with Crippen molar-refractivity contribution in [3.8, 4) is 0 Å². The topological polar surface area (TPSA) is 80.5 Å². The summed E-state index contributed by atoms with van der Waals surface area (Å²) in [6.07, 6.45) is 4.68. The van der Waals surface area contributed by atoms with Gasteiger partial charge in [-0.15, -0.1) is 0 Å². The molecule has 1 amide bonds. The van der Waals surface area contributed by atoms with E-state index >= 15 is 0 Å². The van der Waals surface area contributed by atoms with Crippen molar-refractivity contribution in [2.45, 2.75) is 18.2 Å². The van der Waals surface area contributed by atoms with Gasteiger partial charge in [0.05, 0.1) is 10.5 Å². The zero-order valence-electron chi connectivity index (χ0n) is 10.7. The first-order valence-electron chi connectivity index (χ1n) is 5.97. The minimum absolute atomic E-state index is 0.113. The summed E-state index contributed by atoms with van der Waals surface area (Å²) in [5.74, 6) is -0.294. The summed E-state index contributed by atoms with van der Waals surface area (Å²) in [6, 6.07) is 4.59. The summed E-state index contributed by atoms with van der Waals surface area (Å²) in [5.41, 5.74) is 0.973. The molecule has 2 N–H and O–H groups in total. The summed E-state index contributed by atoms with van der Waals surface area (Å²) in [7, 11) is -3.90. The highest BCUT2D eigenvalue weighted by atomic mass is 32.2. The Kier molecular flexibility index (Phi) is 3.73. The van der Waals surface area contributed by atoms with Crippen LogP contribution < -0.4 is 5.14 Å². The predicted octanol–water partition coefficient (Wildman–Crippen LogP) is 1.04. The Bertz CT molecular complexity index is 635. The van der Waals surface area contributed by atoms with Crippen LogP contribution in [-0.2, 0) is 10.0 Å². The van der Waals surface area contributed by atoms with Crippen LogP contribution in [0.3, 0.4) is 0 Å². The minimum Gasteiger partial charge on any atom is -0.335 e. The van der Waals surface area contributed by atoms with Gasteiger partial charge >= 0.3 is 0 Å². The molecular weight excluding hydrogens is 264 g/mol. The van der Waals surface area contributed by atoms with Gasteiger partial charge in [0.2, 0.25) is 10.0 Å². The fourth-order valence-electron chi connectivity index (χ4n) is 2.06. The first kappa shape index (κ1) is 13.8. The third-order valence-corrected chi connectivity index (χ3v) is 3.99. The van der Waals surface area contributed by atoms with Gasteiger partial charge in [-0.05, 0) is 25.5 Å². The molecule has 0 atom stereocenters. The Balaban J connectivity index is 2.46. The van der Waals surface area contributed by atoms with Crippen LogP contribution in [0.5, 0.6) is 0 Å². The highest BCUT2D eigenvalue weighted by molar-refractivity contribution is 7.89. The Morgan fingerprint density at radius 3 is 2.63 bits per heavy atom. The smallest absolute Gasteiger partial charge is 0.255 e. The minimum atomic E-state index is -3.90. The van der Waals surface area contributed by atoms with Crippen molar-refractivity contribution in [1.29, 1.82) is 0 Å². The van der Waals surface area contributed by atoms with Crippen molar-refractivity contribution < 1.29 is 13.2 Å². The quantitative estimate of drug-likeness (QED) is 0.822. The molecule has 0 aromatic heterocycles. The second-order valence-corrected chi connectivity index (χ2v) is 6.09. The predicted molar refractivity (Wildman–Crippen MR) is 72.2 cm³/mol. The fraction of sp³-hybridized carbons (Fsp3) is 0.308. The van der Waals surface area contributed by atoms with Crippen LogP contribution in [0.4, 0.5) is 0 Å². The average molecular weight is 280 g/mol. The van der Waals surface area contributed by atoms with Crippen molar-refractivity contribution in [2.75, 3.05) is 13.1 Å². The molecule has 0 spiro atoms. The molecule has 102 valence electrons. The molecule has 1 aromatic rings. The van der Waals surface area contributed by atoms with E-state index in [0.717, 1.165) is 12.0 Å². The highest BCUT2D eigenvalue weighted by Crippen LogP contribution is 2.19. The maximum atomic E-state index is 12.4. The lowest BCUT2D eigenvalue weighted by Gasteiger charge is -2.24. The number of carbonyl (C=O) groups excluding carboxylic acids is 1. The van der Waals surface area contributed by atoms with Crippen molar-refractivity contribution >= 4 is 15.9 Å². The SMILES string of the molecule is Cc1ccc(S(N)(=O)=O)c(C(=O)N2CC=CCC2)c1. The largest absolute Gasteiger partial charge is 0.335 e. The summed E-state index contributed by atoms with van der Waals surface area (Å²) in [6.45, 7) is 2.89. The van der Waals surface area contributed by atoms with Crippen molar-refractivity contribution in [2.24, 2.45) is 5.14 Å². The zero-order chi connectivity index (χ0) is 14.0. The molecule has 0 bridgehead atoms. The number of hydrogen-bond donors (Lipinski definition) is 1. The van der Waals surface area contributed by atoms with Gasteiger partial charge in [0, 0.05) is 13.1 Å². The van der Waals surface area contributed by atoms with E-state index in [0.29, 0.717) is 13.1 Å². The van der Waals surface area contributed by atoms with Gasteiger partial charge in [-0.3, -0.25) is 4.79 Å². The fourth-order valence-corrected chi connectivity index (χ4v) is 2.77. The summed E-state index contributed by atoms with van der Waals surface area (Å²) >= 11 is 0.